The Morgan fingerprint density at radius 2 is 1.73 bits per heavy atom. The molecule has 0 saturated carbocycles. The van der Waals surface area contributed by atoms with Crippen LogP contribution in [0.3, 0.4) is 0 Å². The van der Waals surface area contributed by atoms with Gasteiger partial charge in [-0.1, -0.05) is 12.1 Å². The molecule has 116 valence electrons. The van der Waals surface area contributed by atoms with Crippen LogP contribution in [0.15, 0.2) is 45.5 Å². The molecule has 0 aliphatic carbocycles. The van der Waals surface area contributed by atoms with Gasteiger partial charge in [0.05, 0.1) is 11.3 Å². The van der Waals surface area contributed by atoms with Crippen LogP contribution in [-0.4, -0.2) is 17.4 Å². The van der Waals surface area contributed by atoms with Gasteiger partial charge in [0.1, 0.15) is 0 Å². The second-order valence-electron chi connectivity index (χ2n) is 5.81. The molecule has 0 spiro atoms. The van der Waals surface area contributed by atoms with E-state index < -0.39 is 5.91 Å². The summed E-state index contributed by atoms with van der Waals surface area (Å²) in [6.45, 7) is 5.69. The summed E-state index contributed by atoms with van der Waals surface area (Å²) >= 11 is 3.15. The first-order valence-corrected chi connectivity index (χ1v) is 7.54. The van der Waals surface area contributed by atoms with Crippen molar-refractivity contribution < 1.29 is 14.0 Å². The maximum Gasteiger partial charge on any atom is 0.291 e. The number of halogens is 1. The van der Waals surface area contributed by atoms with E-state index in [1.165, 1.54) is 0 Å². The average Bonchev–Trinajstić information content (AvgIpc) is 2.84. The van der Waals surface area contributed by atoms with E-state index in [9.17, 15) is 9.59 Å². The quantitative estimate of drug-likeness (QED) is 0.869. The van der Waals surface area contributed by atoms with Crippen molar-refractivity contribution >= 4 is 33.4 Å². The highest BCUT2D eigenvalue weighted by Crippen LogP contribution is 2.19. The van der Waals surface area contributed by atoms with E-state index in [-0.39, 0.29) is 17.2 Å². The lowest BCUT2D eigenvalue weighted by molar-refractivity contribution is 0.0920. The molecule has 0 unspecified atom stereocenters. The topological polar surface area (TPSA) is 71.3 Å². The highest BCUT2D eigenvalue weighted by molar-refractivity contribution is 9.10. The minimum absolute atomic E-state index is 0.165. The fraction of sp³-hybridized carbons (Fsp3) is 0.250. The summed E-state index contributed by atoms with van der Waals surface area (Å²) in [7, 11) is 0. The third-order valence-electron chi connectivity index (χ3n) is 2.71. The maximum atomic E-state index is 12.3. The van der Waals surface area contributed by atoms with Gasteiger partial charge in [-0.05, 0) is 61.0 Å². The van der Waals surface area contributed by atoms with Crippen molar-refractivity contribution in [2.24, 2.45) is 0 Å². The van der Waals surface area contributed by atoms with Crippen LogP contribution in [0, 0.1) is 0 Å². The maximum absolute atomic E-state index is 12.3. The van der Waals surface area contributed by atoms with E-state index >= 15 is 0 Å². The van der Waals surface area contributed by atoms with E-state index in [0.717, 1.165) is 0 Å². The molecule has 0 saturated heterocycles. The van der Waals surface area contributed by atoms with Crippen LogP contribution in [0.25, 0.3) is 0 Å². The molecule has 0 aliphatic heterocycles. The van der Waals surface area contributed by atoms with E-state index in [0.29, 0.717) is 15.9 Å². The number of benzene rings is 1. The number of hydrogen-bond acceptors (Lipinski definition) is 3. The zero-order valence-electron chi connectivity index (χ0n) is 12.6. The fourth-order valence-corrected chi connectivity index (χ4v) is 2.12. The molecule has 6 heteroatoms. The monoisotopic (exact) mass is 364 g/mol. The zero-order chi connectivity index (χ0) is 16.3. The van der Waals surface area contributed by atoms with Crippen molar-refractivity contribution in [1.29, 1.82) is 0 Å². The summed E-state index contributed by atoms with van der Waals surface area (Å²) in [5.74, 6) is -0.497. The highest BCUT2D eigenvalue weighted by atomic mass is 79.9. The number of para-hydroxylation sites is 1. The number of carbonyl (C=O) groups is 2. The molecule has 2 rings (SSSR count). The van der Waals surface area contributed by atoms with Gasteiger partial charge in [0.15, 0.2) is 10.4 Å². The summed E-state index contributed by atoms with van der Waals surface area (Å²) in [6.07, 6.45) is 0. The van der Waals surface area contributed by atoms with Crippen LogP contribution in [0.2, 0.25) is 0 Å². The molecule has 0 bridgehead atoms. The summed E-state index contributed by atoms with van der Waals surface area (Å²) in [5.41, 5.74) is 0.471. The second-order valence-corrected chi connectivity index (χ2v) is 6.59. The van der Waals surface area contributed by atoms with Gasteiger partial charge in [-0.3, -0.25) is 9.59 Å². The number of hydrogen-bond donors (Lipinski definition) is 2. The molecular formula is C16H17BrN2O3. The smallest absolute Gasteiger partial charge is 0.291 e. The molecular weight excluding hydrogens is 348 g/mol. The lowest BCUT2D eigenvalue weighted by Gasteiger charge is -2.21. The lowest BCUT2D eigenvalue weighted by atomic mass is 10.1. The molecule has 2 aromatic rings. The third-order valence-corrected chi connectivity index (χ3v) is 3.13. The molecule has 2 N–H and O–H groups in total. The number of nitrogens with one attached hydrogen (secondary N) is 2. The molecule has 0 radical (unpaired) electrons. The van der Waals surface area contributed by atoms with Gasteiger partial charge >= 0.3 is 0 Å². The number of anilines is 1. The van der Waals surface area contributed by atoms with Gasteiger partial charge < -0.3 is 15.1 Å². The van der Waals surface area contributed by atoms with Gasteiger partial charge in [-0.15, -0.1) is 0 Å². The summed E-state index contributed by atoms with van der Waals surface area (Å²) < 4.78 is 5.67. The Kier molecular flexibility index (Phi) is 4.71. The average molecular weight is 365 g/mol. The summed E-state index contributed by atoms with van der Waals surface area (Å²) in [5, 5.41) is 5.56. The van der Waals surface area contributed by atoms with Crippen molar-refractivity contribution in [3.8, 4) is 0 Å². The van der Waals surface area contributed by atoms with E-state index in [4.69, 9.17) is 4.42 Å². The van der Waals surface area contributed by atoms with Crippen LogP contribution in [0.1, 0.15) is 41.7 Å². The van der Waals surface area contributed by atoms with Crippen molar-refractivity contribution in [3.05, 3.63) is 52.4 Å². The second kappa shape index (κ2) is 6.36. The Balaban J connectivity index is 2.21. The van der Waals surface area contributed by atoms with Crippen molar-refractivity contribution in [2.75, 3.05) is 5.32 Å². The summed E-state index contributed by atoms with van der Waals surface area (Å²) in [4.78, 5) is 24.4. The van der Waals surface area contributed by atoms with E-state index in [1.54, 1.807) is 36.4 Å². The van der Waals surface area contributed by atoms with Gasteiger partial charge in [0.25, 0.3) is 11.8 Å². The molecule has 1 aromatic carbocycles. The minimum atomic E-state index is -0.415. The Morgan fingerprint density at radius 1 is 1.05 bits per heavy atom. The first-order valence-electron chi connectivity index (χ1n) is 6.74. The molecule has 1 aromatic heterocycles. The normalized spacial score (nSPS) is 11.1. The molecule has 1 heterocycles. The van der Waals surface area contributed by atoms with Crippen LogP contribution in [-0.2, 0) is 0 Å². The first kappa shape index (κ1) is 16.3. The van der Waals surface area contributed by atoms with Crippen molar-refractivity contribution in [2.45, 2.75) is 26.3 Å². The number of rotatable bonds is 3. The Bertz CT molecular complexity index is 701. The Labute approximate surface area is 137 Å². The van der Waals surface area contributed by atoms with Gasteiger partial charge in [0.2, 0.25) is 0 Å². The van der Waals surface area contributed by atoms with E-state index in [1.807, 2.05) is 20.8 Å². The highest BCUT2D eigenvalue weighted by Gasteiger charge is 2.19. The predicted octanol–water partition coefficient (Wildman–Crippen LogP) is 3.82. The Hall–Kier alpha value is -2.08. The third kappa shape index (κ3) is 4.21. The number of furan rings is 1. The molecule has 22 heavy (non-hydrogen) atoms. The SMILES string of the molecule is CC(C)(C)NC(=O)c1ccccc1NC(=O)c1ccc(Br)o1. The predicted molar refractivity (Wildman–Crippen MR) is 88.0 cm³/mol. The molecule has 2 amide bonds. The molecule has 0 fully saturated rings. The number of amides is 2. The standard InChI is InChI=1S/C16H17BrN2O3/c1-16(2,3)19-14(20)10-6-4-5-7-11(10)18-15(21)12-8-9-13(17)22-12/h4-9H,1-3H3,(H,18,21)(H,19,20). The fourth-order valence-electron chi connectivity index (χ4n) is 1.82. The van der Waals surface area contributed by atoms with Crippen molar-refractivity contribution in [3.63, 3.8) is 0 Å². The summed E-state index contributed by atoms with van der Waals surface area (Å²) in [6, 6.07) is 10.0. The number of carbonyl (C=O) groups excluding carboxylic acids is 2. The first-order chi connectivity index (χ1) is 10.3. The van der Waals surface area contributed by atoms with Gasteiger partial charge in [-0.25, -0.2) is 0 Å². The van der Waals surface area contributed by atoms with Gasteiger partial charge in [0, 0.05) is 5.54 Å². The minimum Gasteiger partial charge on any atom is -0.444 e. The zero-order valence-corrected chi connectivity index (χ0v) is 14.2. The van der Waals surface area contributed by atoms with Crippen molar-refractivity contribution in [1.82, 2.24) is 5.32 Å². The van der Waals surface area contributed by atoms with Gasteiger partial charge in [-0.2, -0.15) is 0 Å². The van der Waals surface area contributed by atoms with Crippen LogP contribution >= 0.6 is 15.9 Å². The van der Waals surface area contributed by atoms with E-state index in [2.05, 4.69) is 26.6 Å². The molecule has 0 atom stereocenters. The largest absolute Gasteiger partial charge is 0.444 e. The Morgan fingerprint density at radius 3 is 2.32 bits per heavy atom. The van der Waals surface area contributed by atoms with Crippen LogP contribution < -0.4 is 10.6 Å². The van der Waals surface area contributed by atoms with Crippen LogP contribution in [0.4, 0.5) is 5.69 Å². The molecule has 5 nitrogen and oxygen atoms in total. The lowest BCUT2D eigenvalue weighted by Crippen LogP contribution is -2.40. The van der Waals surface area contributed by atoms with Crippen LogP contribution in [0.5, 0.6) is 0 Å². The molecule has 0 aliphatic rings.